The number of pyridine rings is 1. The molecule has 0 radical (unpaired) electrons. The van der Waals surface area contributed by atoms with Crippen LogP contribution < -0.4 is 16.0 Å². The van der Waals surface area contributed by atoms with E-state index < -0.39 is 29.9 Å². The number of aromatic nitrogens is 1. The molecule has 1 unspecified atom stereocenters. The van der Waals surface area contributed by atoms with Crippen molar-refractivity contribution in [1.29, 1.82) is 0 Å². The molecule has 1 aliphatic heterocycles. The Labute approximate surface area is 204 Å². The predicted molar refractivity (Wildman–Crippen MR) is 129 cm³/mol. The van der Waals surface area contributed by atoms with E-state index in [1.807, 2.05) is 12.1 Å². The normalized spacial score (nSPS) is 14.1. The van der Waals surface area contributed by atoms with Crippen LogP contribution in [0.3, 0.4) is 0 Å². The summed E-state index contributed by atoms with van der Waals surface area (Å²) in [7, 11) is 0. The number of carbonyl (C=O) groups excluding carboxylic acids is 2. The highest BCUT2D eigenvalue weighted by molar-refractivity contribution is 5.82. The maximum Gasteiger partial charge on any atom is 0.408 e. The average Bonchev–Trinajstić information content (AvgIpc) is 2.88. The van der Waals surface area contributed by atoms with Crippen molar-refractivity contribution in [3.8, 4) is 0 Å². The van der Waals surface area contributed by atoms with Gasteiger partial charge in [-0.15, -0.1) is 0 Å². The molecule has 0 saturated carbocycles. The minimum Gasteiger partial charge on any atom is -0.480 e. The smallest absolute Gasteiger partial charge is 0.408 e. The Morgan fingerprint density at radius 1 is 1.14 bits per heavy atom. The number of fused-ring (bicyclic) bond motifs is 1. The van der Waals surface area contributed by atoms with Gasteiger partial charge in [-0.3, -0.25) is 4.79 Å². The summed E-state index contributed by atoms with van der Waals surface area (Å²) in [6.45, 7) is 0.207. The molecule has 0 saturated heterocycles. The number of aryl methyl sites for hydroxylation is 2. The summed E-state index contributed by atoms with van der Waals surface area (Å²) < 4.78 is 5.04. The Kier molecular flexibility index (Phi) is 9.85. The highest BCUT2D eigenvalue weighted by Crippen LogP contribution is 2.20. The first-order chi connectivity index (χ1) is 17.0. The van der Waals surface area contributed by atoms with Gasteiger partial charge in [0, 0.05) is 18.8 Å². The number of alkyl carbamates (subject to hydrolysis) is 1. The molecule has 1 aromatic carbocycles. The van der Waals surface area contributed by atoms with Gasteiger partial charge in [0.2, 0.25) is 5.91 Å². The summed E-state index contributed by atoms with van der Waals surface area (Å²) in [5, 5.41) is 27.1. The van der Waals surface area contributed by atoms with Gasteiger partial charge < -0.3 is 30.9 Å². The predicted octanol–water partition coefficient (Wildman–Crippen LogP) is 1.87. The lowest BCUT2D eigenvalue weighted by Crippen LogP contribution is -2.49. The third-order valence-corrected chi connectivity index (χ3v) is 5.81. The van der Waals surface area contributed by atoms with E-state index in [4.69, 9.17) is 4.74 Å². The fraction of sp³-hybridized carbons (Fsp3) is 0.440. The zero-order valence-electron chi connectivity index (χ0n) is 19.5. The SMILES string of the molecule is O=C(N[C@@H](CNC(=O)C(CO)CCCc1ccc2c(n1)NCCC2)C(=O)O)OCc1ccccc1. The van der Waals surface area contributed by atoms with E-state index in [0.29, 0.717) is 19.3 Å². The largest absolute Gasteiger partial charge is 0.480 e. The molecule has 1 aliphatic rings. The molecule has 10 heteroatoms. The van der Waals surface area contributed by atoms with Crippen LogP contribution in [0.1, 0.15) is 36.1 Å². The van der Waals surface area contributed by atoms with E-state index in [2.05, 4.69) is 27.0 Å². The van der Waals surface area contributed by atoms with Crippen molar-refractivity contribution in [1.82, 2.24) is 15.6 Å². The van der Waals surface area contributed by atoms with Crippen LogP contribution in [0.2, 0.25) is 0 Å². The number of ether oxygens (including phenoxy) is 1. The number of rotatable bonds is 12. The van der Waals surface area contributed by atoms with Crippen molar-refractivity contribution in [2.75, 3.05) is 25.0 Å². The number of hydrogen-bond acceptors (Lipinski definition) is 7. The fourth-order valence-corrected chi connectivity index (χ4v) is 3.80. The van der Waals surface area contributed by atoms with Crippen LogP contribution in [0.5, 0.6) is 0 Å². The molecule has 188 valence electrons. The summed E-state index contributed by atoms with van der Waals surface area (Å²) in [5.41, 5.74) is 2.88. The molecule has 2 amide bonds. The number of aliphatic carboxylic acids is 1. The second-order valence-corrected chi connectivity index (χ2v) is 8.45. The van der Waals surface area contributed by atoms with Gasteiger partial charge in [0.15, 0.2) is 0 Å². The first-order valence-electron chi connectivity index (χ1n) is 11.8. The third kappa shape index (κ3) is 8.25. The van der Waals surface area contributed by atoms with Gasteiger partial charge in [-0.2, -0.15) is 0 Å². The molecule has 2 aromatic rings. The molecule has 35 heavy (non-hydrogen) atoms. The lowest BCUT2D eigenvalue weighted by atomic mass is 10.00. The van der Waals surface area contributed by atoms with Gasteiger partial charge in [0.1, 0.15) is 18.5 Å². The molecule has 2 heterocycles. The minimum atomic E-state index is -1.37. The van der Waals surface area contributed by atoms with Gasteiger partial charge in [0.05, 0.1) is 12.5 Å². The van der Waals surface area contributed by atoms with Crippen LogP contribution >= 0.6 is 0 Å². The van der Waals surface area contributed by atoms with E-state index in [1.165, 1.54) is 5.56 Å². The van der Waals surface area contributed by atoms with Crippen LogP contribution in [0, 0.1) is 5.92 Å². The van der Waals surface area contributed by atoms with E-state index in [9.17, 15) is 24.6 Å². The molecular weight excluding hydrogens is 452 g/mol. The Balaban J connectivity index is 1.41. The number of aliphatic hydroxyl groups excluding tert-OH is 1. The quantitative estimate of drug-likeness (QED) is 0.306. The molecule has 0 aliphatic carbocycles. The highest BCUT2D eigenvalue weighted by atomic mass is 16.5. The maximum atomic E-state index is 12.5. The van der Waals surface area contributed by atoms with E-state index in [-0.39, 0.29) is 19.8 Å². The van der Waals surface area contributed by atoms with Crippen molar-refractivity contribution in [3.63, 3.8) is 0 Å². The fourth-order valence-electron chi connectivity index (χ4n) is 3.80. The molecule has 5 N–H and O–H groups in total. The van der Waals surface area contributed by atoms with Crippen molar-refractivity contribution in [2.45, 2.75) is 44.8 Å². The minimum absolute atomic E-state index is 0.00685. The third-order valence-electron chi connectivity index (χ3n) is 5.81. The maximum absolute atomic E-state index is 12.5. The van der Waals surface area contributed by atoms with E-state index >= 15 is 0 Å². The van der Waals surface area contributed by atoms with Gasteiger partial charge in [-0.05, 0) is 49.3 Å². The number of benzene rings is 1. The summed E-state index contributed by atoms with van der Waals surface area (Å²) in [4.78, 5) is 40.6. The molecule has 0 spiro atoms. The number of aliphatic hydroxyl groups is 1. The van der Waals surface area contributed by atoms with Crippen molar-refractivity contribution < 1.29 is 29.3 Å². The molecule has 10 nitrogen and oxygen atoms in total. The van der Waals surface area contributed by atoms with Gasteiger partial charge in [-0.25, -0.2) is 14.6 Å². The van der Waals surface area contributed by atoms with Crippen LogP contribution in [-0.2, 0) is 33.8 Å². The summed E-state index contributed by atoms with van der Waals surface area (Å²) in [6, 6.07) is 11.7. The van der Waals surface area contributed by atoms with Crippen LogP contribution in [0.25, 0.3) is 0 Å². The number of carbonyl (C=O) groups is 3. The Bertz CT molecular complexity index is 1000. The van der Waals surface area contributed by atoms with Gasteiger partial charge >= 0.3 is 12.1 Å². The number of carboxylic acids is 1. The lowest BCUT2D eigenvalue weighted by molar-refractivity contribution is -0.139. The number of carboxylic acid groups (broad SMARTS) is 1. The number of amides is 2. The van der Waals surface area contributed by atoms with Gasteiger partial charge in [-0.1, -0.05) is 36.4 Å². The first kappa shape index (κ1) is 26.0. The topological polar surface area (TPSA) is 150 Å². The highest BCUT2D eigenvalue weighted by Gasteiger charge is 2.24. The molecule has 2 atom stereocenters. The van der Waals surface area contributed by atoms with Crippen molar-refractivity contribution in [2.24, 2.45) is 5.92 Å². The van der Waals surface area contributed by atoms with Crippen LogP contribution in [0.4, 0.5) is 10.6 Å². The summed E-state index contributed by atoms with van der Waals surface area (Å²) in [6.07, 6.45) is 2.91. The molecule has 0 bridgehead atoms. The van der Waals surface area contributed by atoms with Crippen molar-refractivity contribution >= 4 is 23.8 Å². The lowest BCUT2D eigenvalue weighted by Gasteiger charge is -2.19. The van der Waals surface area contributed by atoms with E-state index in [0.717, 1.165) is 36.5 Å². The summed E-state index contributed by atoms with van der Waals surface area (Å²) in [5.74, 6) is -1.56. The number of nitrogens with one attached hydrogen (secondary N) is 3. The zero-order chi connectivity index (χ0) is 25.0. The van der Waals surface area contributed by atoms with E-state index in [1.54, 1.807) is 24.3 Å². The van der Waals surface area contributed by atoms with Crippen LogP contribution in [0.15, 0.2) is 42.5 Å². The van der Waals surface area contributed by atoms with Crippen LogP contribution in [-0.4, -0.2) is 58.9 Å². The monoisotopic (exact) mass is 484 g/mol. The van der Waals surface area contributed by atoms with Gasteiger partial charge in [0.25, 0.3) is 0 Å². The first-order valence-corrected chi connectivity index (χ1v) is 11.8. The number of nitrogens with zero attached hydrogens (tertiary/aromatic N) is 1. The molecule has 3 rings (SSSR count). The average molecular weight is 485 g/mol. The second-order valence-electron chi connectivity index (χ2n) is 8.45. The molecule has 1 aromatic heterocycles. The summed E-state index contributed by atoms with van der Waals surface area (Å²) >= 11 is 0. The number of hydrogen-bond donors (Lipinski definition) is 5. The van der Waals surface area contributed by atoms with Crippen molar-refractivity contribution in [3.05, 3.63) is 59.3 Å². The number of anilines is 1. The Morgan fingerprint density at radius 2 is 1.94 bits per heavy atom. The molecule has 0 fully saturated rings. The zero-order valence-corrected chi connectivity index (χ0v) is 19.5. The molecular formula is C25H32N4O6. The Hall–Kier alpha value is -3.66. The Morgan fingerprint density at radius 3 is 2.69 bits per heavy atom. The standard InChI is InChI=1S/C25H32N4O6/c30-15-19(8-4-10-20-12-11-18-9-5-13-26-22(18)28-20)23(31)27-14-21(24(32)33)29-25(34)35-16-17-6-2-1-3-7-17/h1-3,6-7,11-12,19,21,30H,4-5,8-10,13-16H2,(H,26,28)(H,27,31)(H,29,34)(H,32,33)/t19?,21-/m0/s1. The second kappa shape index (κ2) is 13.3.